The van der Waals surface area contributed by atoms with Crippen LogP contribution >= 0.6 is 0 Å². The van der Waals surface area contributed by atoms with Gasteiger partial charge < -0.3 is 4.90 Å². The van der Waals surface area contributed by atoms with Crippen LogP contribution in [0.2, 0.25) is 0 Å². The molecule has 4 nitrogen and oxygen atoms in total. The van der Waals surface area contributed by atoms with Crippen molar-refractivity contribution in [2.24, 2.45) is 5.92 Å². The van der Waals surface area contributed by atoms with E-state index in [1.807, 2.05) is 19.9 Å². The Morgan fingerprint density at radius 3 is 2.45 bits per heavy atom. The van der Waals surface area contributed by atoms with Crippen LogP contribution in [-0.4, -0.2) is 53.8 Å². The lowest BCUT2D eigenvalue weighted by atomic mass is 10.1. The van der Waals surface area contributed by atoms with Gasteiger partial charge in [0.15, 0.2) is 0 Å². The molecule has 0 N–H and O–H groups in total. The van der Waals surface area contributed by atoms with Gasteiger partial charge in [0.1, 0.15) is 0 Å². The zero-order chi connectivity index (χ0) is 16.3. The third-order valence-corrected chi connectivity index (χ3v) is 3.91. The summed E-state index contributed by atoms with van der Waals surface area (Å²) in [7, 11) is 0. The van der Waals surface area contributed by atoms with Crippen LogP contribution in [0.25, 0.3) is 0 Å². The SMILES string of the molecule is CCN(C[C@@H]1CCN(c2nc(C)cc(C)n2)C1)CC(F)(F)F. The Balaban J connectivity index is 1.94. The molecule has 1 aliphatic rings. The molecule has 2 rings (SSSR count). The van der Waals surface area contributed by atoms with Crippen LogP contribution in [0.15, 0.2) is 6.07 Å². The molecule has 0 saturated carbocycles. The van der Waals surface area contributed by atoms with Gasteiger partial charge in [0, 0.05) is 31.0 Å². The molecule has 0 aliphatic carbocycles. The van der Waals surface area contributed by atoms with Gasteiger partial charge in [-0.3, -0.25) is 4.90 Å². The molecular formula is C15H23F3N4. The Morgan fingerprint density at radius 1 is 1.27 bits per heavy atom. The van der Waals surface area contributed by atoms with E-state index in [-0.39, 0.29) is 5.92 Å². The van der Waals surface area contributed by atoms with Crippen molar-refractivity contribution < 1.29 is 13.2 Å². The number of aryl methyl sites for hydroxylation is 2. The molecule has 0 amide bonds. The Hall–Kier alpha value is -1.37. The van der Waals surface area contributed by atoms with Crippen molar-refractivity contribution in [3.8, 4) is 0 Å². The summed E-state index contributed by atoms with van der Waals surface area (Å²) in [6.07, 6.45) is -3.25. The van der Waals surface area contributed by atoms with Crippen LogP contribution in [0.1, 0.15) is 24.7 Å². The molecule has 2 heterocycles. The molecule has 1 atom stereocenters. The standard InChI is InChI=1S/C15H23F3N4/c1-4-21(10-15(16,17)18)8-13-5-6-22(9-13)14-19-11(2)7-12(3)20-14/h7,13H,4-6,8-10H2,1-3H3/t13-/m0/s1. The second-order valence-electron chi connectivity index (χ2n) is 5.99. The van der Waals surface area contributed by atoms with Gasteiger partial charge in [-0.1, -0.05) is 6.92 Å². The van der Waals surface area contributed by atoms with E-state index in [0.717, 1.165) is 30.9 Å². The number of aromatic nitrogens is 2. The molecule has 0 spiro atoms. The van der Waals surface area contributed by atoms with Gasteiger partial charge >= 0.3 is 6.18 Å². The van der Waals surface area contributed by atoms with Crippen molar-refractivity contribution in [2.75, 3.05) is 37.6 Å². The van der Waals surface area contributed by atoms with Gasteiger partial charge in [0.05, 0.1) is 6.54 Å². The van der Waals surface area contributed by atoms with Crippen LogP contribution < -0.4 is 4.90 Å². The number of anilines is 1. The molecule has 1 aromatic heterocycles. The van der Waals surface area contributed by atoms with E-state index in [2.05, 4.69) is 14.9 Å². The first kappa shape index (κ1) is 17.0. The minimum atomic E-state index is -4.13. The topological polar surface area (TPSA) is 32.3 Å². The maximum Gasteiger partial charge on any atom is 0.401 e. The average molecular weight is 316 g/mol. The quantitative estimate of drug-likeness (QED) is 0.836. The van der Waals surface area contributed by atoms with Gasteiger partial charge in [-0.2, -0.15) is 13.2 Å². The molecule has 124 valence electrons. The van der Waals surface area contributed by atoms with Gasteiger partial charge in [-0.05, 0) is 38.8 Å². The van der Waals surface area contributed by atoms with E-state index >= 15 is 0 Å². The van der Waals surface area contributed by atoms with Crippen LogP contribution in [0, 0.1) is 19.8 Å². The molecule has 0 bridgehead atoms. The number of nitrogens with zero attached hydrogens (tertiary/aromatic N) is 4. The minimum Gasteiger partial charge on any atom is -0.340 e. The summed E-state index contributed by atoms with van der Waals surface area (Å²) in [4.78, 5) is 12.4. The first-order valence-electron chi connectivity index (χ1n) is 7.63. The van der Waals surface area contributed by atoms with Gasteiger partial charge in [-0.25, -0.2) is 9.97 Å². The fourth-order valence-electron chi connectivity index (χ4n) is 2.94. The van der Waals surface area contributed by atoms with E-state index in [1.165, 1.54) is 4.90 Å². The summed E-state index contributed by atoms with van der Waals surface area (Å²) < 4.78 is 37.6. The maximum absolute atomic E-state index is 12.5. The summed E-state index contributed by atoms with van der Waals surface area (Å²) >= 11 is 0. The first-order valence-corrected chi connectivity index (χ1v) is 7.63. The summed E-state index contributed by atoms with van der Waals surface area (Å²) in [6.45, 7) is 7.19. The number of halogens is 3. The van der Waals surface area contributed by atoms with Crippen molar-refractivity contribution in [1.82, 2.24) is 14.9 Å². The lowest BCUT2D eigenvalue weighted by Gasteiger charge is -2.25. The molecule has 7 heteroatoms. The van der Waals surface area contributed by atoms with Crippen LogP contribution in [0.4, 0.5) is 19.1 Å². The zero-order valence-corrected chi connectivity index (χ0v) is 13.3. The van der Waals surface area contributed by atoms with Crippen LogP contribution in [0.5, 0.6) is 0 Å². The molecule has 1 saturated heterocycles. The molecule has 0 radical (unpaired) electrons. The largest absolute Gasteiger partial charge is 0.401 e. The Labute approximate surface area is 129 Å². The third kappa shape index (κ3) is 4.83. The predicted octanol–water partition coefficient (Wildman–Crippen LogP) is 2.80. The Bertz CT molecular complexity index is 484. The van der Waals surface area contributed by atoms with E-state index in [9.17, 15) is 13.2 Å². The smallest absolute Gasteiger partial charge is 0.340 e. The third-order valence-electron chi connectivity index (χ3n) is 3.91. The van der Waals surface area contributed by atoms with E-state index in [1.54, 1.807) is 6.92 Å². The zero-order valence-electron chi connectivity index (χ0n) is 13.3. The fraction of sp³-hybridized carbons (Fsp3) is 0.733. The highest BCUT2D eigenvalue weighted by Gasteiger charge is 2.32. The van der Waals surface area contributed by atoms with Crippen LogP contribution in [0.3, 0.4) is 0 Å². The fourth-order valence-corrected chi connectivity index (χ4v) is 2.94. The highest BCUT2D eigenvalue weighted by atomic mass is 19.4. The molecule has 1 aliphatic heterocycles. The summed E-state index contributed by atoms with van der Waals surface area (Å²) in [5, 5.41) is 0. The average Bonchev–Trinajstić information content (AvgIpc) is 2.83. The lowest BCUT2D eigenvalue weighted by molar-refractivity contribution is -0.146. The number of alkyl halides is 3. The second-order valence-corrected chi connectivity index (χ2v) is 5.99. The monoisotopic (exact) mass is 316 g/mol. The van der Waals surface area contributed by atoms with Gasteiger partial charge in [-0.15, -0.1) is 0 Å². The summed E-state index contributed by atoms with van der Waals surface area (Å²) in [5.41, 5.74) is 1.83. The van der Waals surface area contributed by atoms with E-state index < -0.39 is 12.7 Å². The van der Waals surface area contributed by atoms with E-state index in [4.69, 9.17) is 0 Å². The molecule has 1 aromatic rings. The second kappa shape index (κ2) is 6.81. The van der Waals surface area contributed by atoms with Crippen molar-refractivity contribution in [3.05, 3.63) is 17.5 Å². The first-order chi connectivity index (χ1) is 10.3. The highest BCUT2D eigenvalue weighted by Crippen LogP contribution is 2.24. The van der Waals surface area contributed by atoms with Crippen LogP contribution in [-0.2, 0) is 0 Å². The molecule has 0 unspecified atom stereocenters. The Morgan fingerprint density at radius 2 is 1.91 bits per heavy atom. The highest BCUT2D eigenvalue weighted by molar-refractivity contribution is 5.33. The molecule has 1 fully saturated rings. The number of hydrogen-bond acceptors (Lipinski definition) is 4. The number of hydrogen-bond donors (Lipinski definition) is 0. The summed E-state index contributed by atoms with van der Waals surface area (Å²) in [6, 6.07) is 1.92. The van der Waals surface area contributed by atoms with Crippen molar-refractivity contribution >= 4 is 5.95 Å². The normalized spacial score (nSPS) is 19.2. The number of rotatable bonds is 5. The van der Waals surface area contributed by atoms with Crippen molar-refractivity contribution in [2.45, 2.75) is 33.4 Å². The molecule has 22 heavy (non-hydrogen) atoms. The molecular weight excluding hydrogens is 293 g/mol. The van der Waals surface area contributed by atoms with Crippen molar-refractivity contribution in [3.63, 3.8) is 0 Å². The summed E-state index contributed by atoms with van der Waals surface area (Å²) in [5.74, 6) is 0.922. The lowest BCUT2D eigenvalue weighted by Crippen LogP contribution is -2.38. The van der Waals surface area contributed by atoms with Gasteiger partial charge in [0.2, 0.25) is 5.95 Å². The Kier molecular flexibility index (Phi) is 5.26. The maximum atomic E-state index is 12.5. The molecule has 0 aromatic carbocycles. The van der Waals surface area contributed by atoms with Gasteiger partial charge in [0.25, 0.3) is 0 Å². The minimum absolute atomic E-state index is 0.228. The van der Waals surface area contributed by atoms with Crippen molar-refractivity contribution in [1.29, 1.82) is 0 Å². The van der Waals surface area contributed by atoms with E-state index in [0.29, 0.717) is 19.0 Å². The predicted molar refractivity (Wildman–Crippen MR) is 80.0 cm³/mol.